The quantitative estimate of drug-likeness (QED) is 0.0261. The van der Waals surface area contributed by atoms with Gasteiger partial charge in [-0.25, -0.2) is 0 Å². The maximum absolute atomic E-state index is 12.8. The highest BCUT2D eigenvalue weighted by molar-refractivity contribution is 5.71. The van der Waals surface area contributed by atoms with E-state index in [1.165, 1.54) is 244 Å². The summed E-state index contributed by atoms with van der Waals surface area (Å²) in [4.78, 5) is 38.1. The molecule has 0 aromatic carbocycles. The van der Waals surface area contributed by atoms with E-state index in [-0.39, 0.29) is 31.1 Å². The molecule has 6 heteroatoms. The average molecular weight is 1040 g/mol. The molecule has 1 unspecified atom stereocenters. The lowest BCUT2D eigenvalue weighted by Gasteiger charge is -2.18. The molecule has 0 aromatic heterocycles. The summed E-state index contributed by atoms with van der Waals surface area (Å²) in [6.45, 7) is 6.61. The Morgan fingerprint density at radius 3 is 0.811 bits per heavy atom. The Hall–Kier alpha value is -2.37. The van der Waals surface area contributed by atoms with Crippen LogP contribution >= 0.6 is 0 Å². The van der Waals surface area contributed by atoms with E-state index in [1.54, 1.807) is 0 Å². The van der Waals surface area contributed by atoms with Crippen molar-refractivity contribution in [3.8, 4) is 0 Å². The smallest absolute Gasteiger partial charge is 0.306 e. The molecule has 0 aliphatic heterocycles. The van der Waals surface area contributed by atoms with Crippen molar-refractivity contribution < 1.29 is 28.6 Å². The van der Waals surface area contributed by atoms with Gasteiger partial charge in [0.1, 0.15) is 13.2 Å². The van der Waals surface area contributed by atoms with Gasteiger partial charge >= 0.3 is 17.9 Å². The highest BCUT2D eigenvalue weighted by atomic mass is 16.6. The lowest BCUT2D eigenvalue weighted by atomic mass is 10.0. The van der Waals surface area contributed by atoms with Gasteiger partial charge in [-0.2, -0.15) is 0 Å². The number of hydrogen-bond acceptors (Lipinski definition) is 6. The van der Waals surface area contributed by atoms with Crippen molar-refractivity contribution in [2.75, 3.05) is 13.2 Å². The Bertz CT molecular complexity index is 1240. The molecular formula is C68H126O6. The van der Waals surface area contributed by atoms with Crippen LogP contribution in [0.1, 0.15) is 361 Å². The van der Waals surface area contributed by atoms with E-state index in [4.69, 9.17) is 14.2 Å². The zero-order valence-electron chi connectivity index (χ0n) is 49.9. The molecule has 1 atom stereocenters. The first kappa shape index (κ1) is 71.6. The fourth-order valence-electron chi connectivity index (χ4n) is 9.89. The predicted molar refractivity (Wildman–Crippen MR) is 321 cm³/mol. The van der Waals surface area contributed by atoms with Crippen molar-refractivity contribution in [2.24, 2.45) is 0 Å². The van der Waals surface area contributed by atoms with Gasteiger partial charge < -0.3 is 14.2 Å². The van der Waals surface area contributed by atoms with Crippen molar-refractivity contribution >= 4 is 17.9 Å². The largest absolute Gasteiger partial charge is 0.462 e. The van der Waals surface area contributed by atoms with Gasteiger partial charge in [-0.15, -0.1) is 0 Å². The Morgan fingerprint density at radius 1 is 0.270 bits per heavy atom. The number of esters is 3. The summed E-state index contributed by atoms with van der Waals surface area (Å²) >= 11 is 0. The molecule has 0 radical (unpaired) electrons. The molecule has 434 valence electrons. The number of rotatable bonds is 61. The van der Waals surface area contributed by atoms with Crippen LogP contribution in [-0.2, 0) is 28.6 Å². The third-order valence-electron chi connectivity index (χ3n) is 14.8. The van der Waals surface area contributed by atoms with Crippen LogP contribution in [0.2, 0.25) is 0 Å². The van der Waals surface area contributed by atoms with Crippen LogP contribution in [0, 0.1) is 0 Å². The Labute approximate surface area is 461 Å². The maximum atomic E-state index is 12.8. The van der Waals surface area contributed by atoms with Gasteiger partial charge in [-0.05, 0) is 70.6 Å². The van der Waals surface area contributed by atoms with Gasteiger partial charge in [-0.3, -0.25) is 14.4 Å². The van der Waals surface area contributed by atoms with Crippen LogP contribution in [0.15, 0.2) is 36.5 Å². The predicted octanol–water partition coefficient (Wildman–Crippen LogP) is 22.4. The van der Waals surface area contributed by atoms with E-state index in [1.807, 2.05) is 0 Å². The monoisotopic (exact) mass is 1040 g/mol. The Morgan fingerprint density at radius 2 is 0.514 bits per heavy atom. The summed E-state index contributed by atoms with van der Waals surface area (Å²) in [5.41, 5.74) is 0. The van der Waals surface area contributed by atoms with E-state index in [0.717, 1.165) is 77.0 Å². The van der Waals surface area contributed by atoms with E-state index in [9.17, 15) is 14.4 Å². The molecule has 0 aromatic rings. The summed E-state index contributed by atoms with van der Waals surface area (Å²) in [6.07, 6.45) is 77.6. The van der Waals surface area contributed by atoms with Crippen LogP contribution < -0.4 is 0 Å². The molecule has 6 nitrogen and oxygen atoms in total. The second kappa shape index (κ2) is 63.2. The number of ether oxygens (including phenoxy) is 3. The summed E-state index contributed by atoms with van der Waals surface area (Å²) in [6, 6.07) is 0. The lowest BCUT2D eigenvalue weighted by Crippen LogP contribution is -2.30. The zero-order valence-corrected chi connectivity index (χ0v) is 49.9. The molecule has 0 rings (SSSR count). The SMILES string of the molecule is CCC/C=C\CCCCCCCC(=O)OCC(COC(=O)CCCCCCCCCCCCCCCCCCCCCCC/C=C\C/C=C\CCCCCCC)OC(=O)CCCCCCCCCCCCCCC. The molecule has 0 N–H and O–H groups in total. The van der Waals surface area contributed by atoms with E-state index in [0.29, 0.717) is 19.3 Å². The van der Waals surface area contributed by atoms with E-state index in [2.05, 4.69) is 57.2 Å². The summed E-state index contributed by atoms with van der Waals surface area (Å²) in [5, 5.41) is 0. The van der Waals surface area contributed by atoms with Gasteiger partial charge in [-0.1, -0.05) is 308 Å². The molecule has 0 amide bonds. The third kappa shape index (κ3) is 60.5. The normalized spacial score (nSPS) is 12.2. The van der Waals surface area contributed by atoms with Gasteiger partial charge in [0.15, 0.2) is 6.10 Å². The fraction of sp³-hybridized carbons (Fsp3) is 0.868. The van der Waals surface area contributed by atoms with Crippen molar-refractivity contribution in [1.29, 1.82) is 0 Å². The van der Waals surface area contributed by atoms with Crippen LogP contribution in [0.25, 0.3) is 0 Å². The van der Waals surface area contributed by atoms with Crippen molar-refractivity contribution in [2.45, 2.75) is 367 Å². The van der Waals surface area contributed by atoms with Crippen molar-refractivity contribution in [3.63, 3.8) is 0 Å². The molecular weight excluding hydrogens is 913 g/mol. The molecule has 0 heterocycles. The van der Waals surface area contributed by atoms with Crippen LogP contribution in [0.3, 0.4) is 0 Å². The molecule has 0 bridgehead atoms. The van der Waals surface area contributed by atoms with Crippen LogP contribution in [0.5, 0.6) is 0 Å². The third-order valence-corrected chi connectivity index (χ3v) is 14.8. The van der Waals surface area contributed by atoms with Crippen LogP contribution in [-0.4, -0.2) is 37.2 Å². The fourth-order valence-corrected chi connectivity index (χ4v) is 9.89. The molecule has 0 fully saturated rings. The minimum atomic E-state index is -0.770. The number of carbonyl (C=O) groups excluding carboxylic acids is 3. The van der Waals surface area contributed by atoms with Gasteiger partial charge in [0.25, 0.3) is 0 Å². The standard InChI is InChI=1S/C68H126O6/c1-4-7-10-13-16-19-22-24-25-26-27-28-29-30-31-32-33-34-35-36-37-38-39-40-41-42-43-45-46-49-52-55-58-61-67(70)73-64-65(63-72-66(69)60-57-54-51-48-21-18-15-12-9-6-3)74-68(71)62-59-56-53-50-47-44-23-20-17-14-11-8-5-2/h12,15,22,24,26-27,65H,4-11,13-14,16-21,23,25,28-64H2,1-3H3/b15-12-,24-22-,27-26-. The summed E-state index contributed by atoms with van der Waals surface area (Å²) < 4.78 is 16.9. The number of hydrogen-bond donors (Lipinski definition) is 0. The molecule has 0 aliphatic carbocycles. The highest BCUT2D eigenvalue weighted by Crippen LogP contribution is 2.18. The molecule has 0 aliphatic rings. The summed E-state index contributed by atoms with van der Waals surface area (Å²) in [7, 11) is 0. The maximum Gasteiger partial charge on any atom is 0.306 e. The van der Waals surface area contributed by atoms with E-state index >= 15 is 0 Å². The number of unbranched alkanes of at least 4 members (excludes halogenated alkanes) is 44. The van der Waals surface area contributed by atoms with Crippen LogP contribution in [0.4, 0.5) is 0 Å². The first-order valence-corrected chi connectivity index (χ1v) is 33.0. The first-order valence-electron chi connectivity index (χ1n) is 33.0. The Balaban J connectivity index is 3.99. The number of carbonyl (C=O) groups is 3. The molecule has 74 heavy (non-hydrogen) atoms. The summed E-state index contributed by atoms with van der Waals surface area (Å²) in [5.74, 6) is -0.859. The first-order chi connectivity index (χ1) is 36.5. The van der Waals surface area contributed by atoms with Crippen molar-refractivity contribution in [1.82, 2.24) is 0 Å². The molecule has 0 saturated carbocycles. The average Bonchev–Trinajstić information content (AvgIpc) is 3.40. The second-order valence-corrected chi connectivity index (χ2v) is 22.4. The molecule has 0 saturated heterocycles. The number of allylic oxidation sites excluding steroid dienone is 6. The minimum absolute atomic E-state index is 0.0691. The minimum Gasteiger partial charge on any atom is -0.462 e. The second-order valence-electron chi connectivity index (χ2n) is 22.4. The lowest BCUT2D eigenvalue weighted by molar-refractivity contribution is -0.167. The van der Waals surface area contributed by atoms with E-state index < -0.39 is 6.10 Å². The van der Waals surface area contributed by atoms with Gasteiger partial charge in [0.2, 0.25) is 0 Å². The van der Waals surface area contributed by atoms with Crippen molar-refractivity contribution in [3.05, 3.63) is 36.5 Å². The van der Waals surface area contributed by atoms with Gasteiger partial charge in [0.05, 0.1) is 0 Å². The Kier molecular flexibility index (Phi) is 61.1. The topological polar surface area (TPSA) is 78.9 Å². The highest BCUT2D eigenvalue weighted by Gasteiger charge is 2.19. The van der Waals surface area contributed by atoms with Gasteiger partial charge in [0, 0.05) is 19.3 Å². The zero-order chi connectivity index (χ0) is 53.6. The molecule has 0 spiro atoms.